The molecule has 0 aromatic carbocycles. The lowest BCUT2D eigenvalue weighted by molar-refractivity contribution is -0.0251. The first kappa shape index (κ1) is 13.5. The Bertz CT molecular complexity index is 356. The van der Waals surface area contributed by atoms with E-state index < -0.39 is 0 Å². The maximum Gasteiger partial charge on any atom is 0.136 e. The standard InChI is InChI=1S/C12H22N4O2/c1-16-4-6-18-11(9-16)12-14-8-10(15-12)7-13-3-5-17-2/h8,11,13H,3-7,9H2,1-2H3,(H,14,15). The number of ether oxygens (including phenoxy) is 2. The van der Waals surface area contributed by atoms with Crippen molar-refractivity contribution in [1.29, 1.82) is 0 Å². The SMILES string of the molecule is COCCNCc1cnc(C2CN(C)CCO2)[nH]1. The van der Waals surface area contributed by atoms with Crippen molar-refractivity contribution in [2.45, 2.75) is 12.6 Å². The molecule has 1 atom stereocenters. The number of rotatable bonds is 6. The van der Waals surface area contributed by atoms with E-state index in [-0.39, 0.29) is 6.10 Å². The summed E-state index contributed by atoms with van der Waals surface area (Å²) in [6.07, 6.45) is 1.93. The number of nitrogens with one attached hydrogen (secondary N) is 2. The molecule has 0 spiro atoms. The van der Waals surface area contributed by atoms with E-state index in [0.29, 0.717) is 0 Å². The third kappa shape index (κ3) is 3.78. The molecule has 1 aliphatic rings. The Kier molecular flexibility index (Phi) is 5.12. The van der Waals surface area contributed by atoms with Crippen LogP contribution in [0, 0.1) is 0 Å². The number of aromatic amines is 1. The molecule has 18 heavy (non-hydrogen) atoms. The van der Waals surface area contributed by atoms with E-state index in [0.717, 1.165) is 50.9 Å². The minimum atomic E-state index is 0.0662. The Labute approximate surface area is 108 Å². The number of hydrogen-bond acceptors (Lipinski definition) is 5. The van der Waals surface area contributed by atoms with Gasteiger partial charge in [0.2, 0.25) is 0 Å². The van der Waals surface area contributed by atoms with Gasteiger partial charge in [0.1, 0.15) is 11.9 Å². The topological polar surface area (TPSA) is 62.4 Å². The van der Waals surface area contributed by atoms with Crippen molar-refractivity contribution in [3.63, 3.8) is 0 Å². The van der Waals surface area contributed by atoms with Gasteiger partial charge in [0.05, 0.1) is 13.2 Å². The highest BCUT2D eigenvalue weighted by molar-refractivity contribution is 5.04. The lowest BCUT2D eigenvalue weighted by atomic mass is 10.3. The van der Waals surface area contributed by atoms with Gasteiger partial charge in [-0.2, -0.15) is 0 Å². The molecule has 0 radical (unpaired) electrons. The van der Waals surface area contributed by atoms with Crippen LogP contribution in [0.3, 0.4) is 0 Å². The third-order valence-corrected chi connectivity index (χ3v) is 3.02. The van der Waals surface area contributed by atoms with Gasteiger partial charge in [0.15, 0.2) is 0 Å². The fourth-order valence-electron chi connectivity index (χ4n) is 1.97. The van der Waals surface area contributed by atoms with Crippen LogP contribution in [-0.2, 0) is 16.0 Å². The molecule has 0 amide bonds. The monoisotopic (exact) mass is 254 g/mol. The number of hydrogen-bond donors (Lipinski definition) is 2. The van der Waals surface area contributed by atoms with Crippen molar-refractivity contribution >= 4 is 0 Å². The number of morpholine rings is 1. The second kappa shape index (κ2) is 6.84. The van der Waals surface area contributed by atoms with E-state index in [1.165, 1.54) is 0 Å². The predicted octanol–water partition coefficient (Wildman–Crippen LogP) is 0.149. The highest BCUT2D eigenvalue weighted by Crippen LogP contribution is 2.18. The van der Waals surface area contributed by atoms with Gasteiger partial charge >= 0.3 is 0 Å². The molecule has 0 saturated carbocycles. The number of imidazole rings is 1. The highest BCUT2D eigenvalue weighted by atomic mass is 16.5. The zero-order chi connectivity index (χ0) is 12.8. The Morgan fingerprint density at radius 2 is 2.56 bits per heavy atom. The van der Waals surface area contributed by atoms with Crippen molar-refractivity contribution in [3.8, 4) is 0 Å². The maximum absolute atomic E-state index is 5.71. The third-order valence-electron chi connectivity index (χ3n) is 3.02. The van der Waals surface area contributed by atoms with Gasteiger partial charge in [-0.1, -0.05) is 0 Å². The Hall–Kier alpha value is -0.950. The minimum Gasteiger partial charge on any atom is -0.383 e. The van der Waals surface area contributed by atoms with Crippen LogP contribution in [0.4, 0.5) is 0 Å². The molecule has 6 nitrogen and oxygen atoms in total. The summed E-state index contributed by atoms with van der Waals surface area (Å²) in [5.74, 6) is 0.921. The smallest absolute Gasteiger partial charge is 0.136 e. The molecule has 2 N–H and O–H groups in total. The summed E-state index contributed by atoms with van der Waals surface area (Å²) in [4.78, 5) is 9.97. The van der Waals surface area contributed by atoms with E-state index in [1.54, 1.807) is 7.11 Å². The molecule has 2 rings (SSSR count). The van der Waals surface area contributed by atoms with Gasteiger partial charge in [-0.25, -0.2) is 4.98 Å². The van der Waals surface area contributed by atoms with Crippen LogP contribution in [0.2, 0.25) is 0 Å². The Morgan fingerprint density at radius 1 is 1.67 bits per heavy atom. The summed E-state index contributed by atoms with van der Waals surface area (Å²) >= 11 is 0. The molecule has 0 bridgehead atoms. The van der Waals surface area contributed by atoms with Crippen LogP contribution in [0.25, 0.3) is 0 Å². The summed E-state index contributed by atoms with van der Waals surface area (Å²) in [6.45, 7) is 4.99. The van der Waals surface area contributed by atoms with Gasteiger partial charge in [0.25, 0.3) is 0 Å². The fraction of sp³-hybridized carbons (Fsp3) is 0.750. The van der Waals surface area contributed by atoms with Crippen molar-refractivity contribution in [1.82, 2.24) is 20.2 Å². The zero-order valence-corrected chi connectivity index (χ0v) is 11.1. The molecular weight excluding hydrogens is 232 g/mol. The molecule has 1 fully saturated rings. The number of aromatic nitrogens is 2. The van der Waals surface area contributed by atoms with Crippen molar-refractivity contribution in [2.75, 3.05) is 47.0 Å². The lowest BCUT2D eigenvalue weighted by Gasteiger charge is -2.28. The van der Waals surface area contributed by atoms with Crippen LogP contribution < -0.4 is 5.32 Å². The van der Waals surface area contributed by atoms with Crippen LogP contribution >= 0.6 is 0 Å². The molecule has 1 aromatic heterocycles. The molecular formula is C12H22N4O2. The normalized spacial score (nSPS) is 21.3. The van der Waals surface area contributed by atoms with Crippen molar-refractivity contribution in [3.05, 3.63) is 17.7 Å². The second-order valence-corrected chi connectivity index (χ2v) is 4.58. The van der Waals surface area contributed by atoms with E-state index in [9.17, 15) is 0 Å². The average molecular weight is 254 g/mol. The molecule has 1 aromatic rings. The first-order valence-electron chi connectivity index (χ1n) is 6.33. The summed E-state index contributed by atoms with van der Waals surface area (Å²) in [7, 11) is 3.80. The minimum absolute atomic E-state index is 0.0662. The Balaban J connectivity index is 1.81. The van der Waals surface area contributed by atoms with Gasteiger partial charge in [-0.3, -0.25) is 0 Å². The first-order chi connectivity index (χ1) is 8.79. The Morgan fingerprint density at radius 3 is 3.33 bits per heavy atom. The molecule has 1 saturated heterocycles. The molecule has 0 aliphatic carbocycles. The fourth-order valence-corrected chi connectivity index (χ4v) is 1.97. The van der Waals surface area contributed by atoms with Crippen LogP contribution in [0.1, 0.15) is 17.6 Å². The summed E-state index contributed by atoms with van der Waals surface area (Å²) < 4.78 is 10.7. The second-order valence-electron chi connectivity index (χ2n) is 4.58. The van der Waals surface area contributed by atoms with Gasteiger partial charge in [-0.15, -0.1) is 0 Å². The van der Waals surface area contributed by atoms with Crippen molar-refractivity contribution < 1.29 is 9.47 Å². The summed E-state index contributed by atoms with van der Waals surface area (Å²) in [5, 5.41) is 3.28. The number of methoxy groups -OCH3 is 1. The van der Waals surface area contributed by atoms with Crippen LogP contribution in [0.5, 0.6) is 0 Å². The van der Waals surface area contributed by atoms with Crippen molar-refractivity contribution in [2.24, 2.45) is 0 Å². The van der Waals surface area contributed by atoms with Crippen LogP contribution in [0.15, 0.2) is 6.20 Å². The molecule has 1 unspecified atom stereocenters. The van der Waals surface area contributed by atoms with Crippen LogP contribution in [-0.4, -0.2) is 61.9 Å². The molecule has 2 heterocycles. The molecule has 6 heteroatoms. The molecule has 102 valence electrons. The maximum atomic E-state index is 5.71. The number of nitrogens with zero attached hydrogens (tertiary/aromatic N) is 2. The van der Waals surface area contributed by atoms with E-state index in [4.69, 9.17) is 9.47 Å². The van der Waals surface area contributed by atoms with Gasteiger partial charge < -0.3 is 24.7 Å². The van der Waals surface area contributed by atoms with E-state index >= 15 is 0 Å². The number of likely N-dealkylation sites (N-methyl/N-ethyl adjacent to an activating group) is 1. The van der Waals surface area contributed by atoms with Gasteiger partial charge in [-0.05, 0) is 7.05 Å². The van der Waals surface area contributed by atoms with E-state index in [2.05, 4.69) is 27.2 Å². The average Bonchev–Trinajstić information content (AvgIpc) is 2.83. The zero-order valence-electron chi connectivity index (χ0n) is 11.1. The summed E-state index contributed by atoms with van der Waals surface area (Å²) in [6, 6.07) is 0. The quantitative estimate of drug-likeness (QED) is 0.708. The van der Waals surface area contributed by atoms with E-state index in [1.807, 2.05) is 6.20 Å². The highest BCUT2D eigenvalue weighted by Gasteiger charge is 2.21. The first-order valence-corrected chi connectivity index (χ1v) is 6.33. The van der Waals surface area contributed by atoms with Gasteiger partial charge in [0, 0.05) is 45.2 Å². The summed E-state index contributed by atoms with van der Waals surface area (Å²) in [5.41, 5.74) is 1.08. The predicted molar refractivity (Wildman–Crippen MR) is 68.4 cm³/mol. The largest absolute Gasteiger partial charge is 0.383 e. The number of H-pyrrole nitrogens is 1. The lowest BCUT2D eigenvalue weighted by Crippen LogP contribution is -2.35. The molecule has 1 aliphatic heterocycles.